The minimum Gasteiger partial charge on any atom is -0.398 e. The van der Waals surface area contributed by atoms with E-state index < -0.39 is 0 Å². The highest BCUT2D eigenvalue weighted by molar-refractivity contribution is 5.63. The molecule has 2 N–H and O–H groups in total. The highest BCUT2D eigenvalue weighted by Gasteiger charge is 2.12. The molecule has 1 aromatic heterocycles. The number of rotatable bonds is 3. The van der Waals surface area contributed by atoms with Gasteiger partial charge >= 0.3 is 0 Å². The normalized spacial score (nSPS) is 10.8. The SMILES string of the molecule is Cc1ccc(-c2nnnn2Cc2ccccc2F)cc1N. The van der Waals surface area contributed by atoms with Crippen LogP contribution in [-0.2, 0) is 6.54 Å². The first kappa shape index (κ1) is 13.2. The third kappa shape index (κ3) is 2.60. The Morgan fingerprint density at radius 3 is 2.76 bits per heavy atom. The molecule has 6 heteroatoms. The summed E-state index contributed by atoms with van der Waals surface area (Å²) in [6.07, 6.45) is 0. The van der Waals surface area contributed by atoms with E-state index in [1.807, 2.05) is 25.1 Å². The van der Waals surface area contributed by atoms with Crippen molar-refractivity contribution in [2.75, 3.05) is 5.73 Å². The summed E-state index contributed by atoms with van der Waals surface area (Å²) < 4.78 is 15.3. The van der Waals surface area contributed by atoms with Crippen LogP contribution in [0.25, 0.3) is 11.4 Å². The Hall–Kier alpha value is -2.76. The molecule has 5 nitrogen and oxygen atoms in total. The minimum atomic E-state index is -0.276. The van der Waals surface area contributed by atoms with Crippen LogP contribution in [0.3, 0.4) is 0 Å². The maximum Gasteiger partial charge on any atom is 0.182 e. The third-order valence-electron chi connectivity index (χ3n) is 3.35. The molecule has 0 amide bonds. The molecular formula is C15H14FN5. The minimum absolute atomic E-state index is 0.267. The van der Waals surface area contributed by atoms with Gasteiger partial charge in [0.25, 0.3) is 0 Å². The molecule has 3 rings (SSSR count). The van der Waals surface area contributed by atoms with Crippen LogP contribution in [0.1, 0.15) is 11.1 Å². The first-order valence-electron chi connectivity index (χ1n) is 6.51. The summed E-state index contributed by atoms with van der Waals surface area (Å²) in [7, 11) is 0. The zero-order valence-corrected chi connectivity index (χ0v) is 11.5. The lowest BCUT2D eigenvalue weighted by atomic mass is 10.1. The standard InChI is InChI=1S/C15H14FN5/c1-10-6-7-11(8-14(10)17)15-18-19-20-21(15)9-12-4-2-3-5-13(12)16/h2-8H,9,17H2,1H3. The zero-order valence-electron chi connectivity index (χ0n) is 11.5. The Kier molecular flexibility index (Phi) is 3.35. The summed E-state index contributed by atoms with van der Waals surface area (Å²) >= 11 is 0. The van der Waals surface area contributed by atoms with Crippen molar-refractivity contribution < 1.29 is 4.39 Å². The van der Waals surface area contributed by atoms with E-state index in [9.17, 15) is 4.39 Å². The molecule has 2 aromatic carbocycles. The monoisotopic (exact) mass is 283 g/mol. The number of halogens is 1. The Labute approximate surface area is 121 Å². The first-order chi connectivity index (χ1) is 10.1. The number of nitrogens with zero attached hydrogens (tertiary/aromatic N) is 4. The Bertz CT molecular complexity index is 781. The molecule has 0 saturated carbocycles. The van der Waals surface area contributed by atoms with Gasteiger partial charge in [0.1, 0.15) is 5.82 Å². The van der Waals surface area contributed by atoms with Crippen LogP contribution in [0.4, 0.5) is 10.1 Å². The van der Waals surface area contributed by atoms with E-state index >= 15 is 0 Å². The summed E-state index contributed by atoms with van der Waals surface area (Å²) in [5, 5.41) is 11.6. The average Bonchev–Trinajstić information content (AvgIpc) is 2.93. The Balaban J connectivity index is 1.97. The molecule has 3 aromatic rings. The number of tetrazole rings is 1. The lowest BCUT2D eigenvalue weighted by molar-refractivity contribution is 0.579. The summed E-state index contributed by atoms with van der Waals surface area (Å²) in [6, 6.07) is 12.2. The van der Waals surface area contributed by atoms with E-state index in [-0.39, 0.29) is 12.4 Å². The molecule has 0 radical (unpaired) electrons. The van der Waals surface area contributed by atoms with E-state index in [1.54, 1.807) is 22.9 Å². The third-order valence-corrected chi connectivity index (χ3v) is 3.35. The van der Waals surface area contributed by atoms with Crippen molar-refractivity contribution in [2.24, 2.45) is 0 Å². The smallest absolute Gasteiger partial charge is 0.182 e. The summed E-state index contributed by atoms with van der Waals surface area (Å²) in [6.45, 7) is 2.20. The molecule has 0 aliphatic heterocycles. The van der Waals surface area contributed by atoms with Gasteiger partial charge in [0.15, 0.2) is 5.82 Å². The molecule has 1 heterocycles. The maximum atomic E-state index is 13.7. The van der Waals surface area contributed by atoms with Gasteiger partial charge in [-0.15, -0.1) is 5.10 Å². The Morgan fingerprint density at radius 2 is 2.00 bits per heavy atom. The van der Waals surface area contributed by atoms with Crippen LogP contribution in [0.5, 0.6) is 0 Å². The van der Waals surface area contributed by atoms with Crippen molar-refractivity contribution in [3.63, 3.8) is 0 Å². The molecule has 0 unspecified atom stereocenters. The largest absolute Gasteiger partial charge is 0.398 e. The molecule has 106 valence electrons. The van der Waals surface area contributed by atoms with E-state index in [0.29, 0.717) is 17.1 Å². The molecular weight excluding hydrogens is 269 g/mol. The van der Waals surface area contributed by atoms with Crippen molar-refractivity contribution in [3.8, 4) is 11.4 Å². The Morgan fingerprint density at radius 1 is 1.19 bits per heavy atom. The lowest BCUT2D eigenvalue weighted by Gasteiger charge is -2.07. The van der Waals surface area contributed by atoms with Gasteiger partial charge in [0.05, 0.1) is 6.54 Å². The molecule has 0 fully saturated rings. The number of hydrogen-bond donors (Lipinski definition) is 1. The van der Waals surface area contributed by atoms with Crippen molar-refractivity contribution in [3.05, 3.63) is 59.4 Å². The zero-order chi connectivity index (χ0) is 14.8. The lowest BCUT2D eigenvalue weighted by Crippen LogP contribution is -2.06. The quantitative estimate of drug-likeness (QED) is 0.749. The van der Waals surface area contributed by atoms with E-state index in [1.165, 1.54) is 6.07 Å². The van der Waals surface area contributed by atoms with Crippen LogP contribution in [0.2, 0.25) is 0 Å². The van der Waals surface area contributed by atoms with Gasteiger partial charge in [0.2, 0.25) is 0 Å². The number of aromatic nitrogens is 4. The van der Waals surface area contributed by atoms with Crippen LogP contribution < -0.4 is 5.73 Å². The van der Waals surface area contributed by atoms with Crippen molar-refractivity contribution in [2.45, 2.75) is 13.5 Å². The van der Waals surface area contributed by atoms with Crippen LogP contribution in [0.15, 0.2) is 42.5 Å². The summed E-state index contributed by atoms with van der Waals surface area (Å²) in [5.74, 6) is 0.285. The fourth-order valence-electron chi connectivity index (χ4n) is 2.09. The molecule has 21 heavy (non-hydrogen) atoms. The van der Waals surface area contributed by atoms with E-state index in [0.717, 1.165) is 11.1 Å². The number of hydrogen-bond acceptors (Lipinski definition) is 4. The second-order valence-corrected chi connectivity index (χ2v) is 4.82. The molecule has 0 spiro atoms. The fraction of sp³-hybridized carbons (Fsp3) is 0.133. The summed E-state index contributed by atoms with van der Waals surface area (Å²) in [5.41, 5.74) is 8.92. The predicted octanol–water partition coefficient (Wildman–Crippen LogP) is 2.42. The topological polar surface area (TPSA) is 69.6 Å². The number of nitrogen functional groups attached to an aromatic ring is 1. The van der Waals surface area contributed by atoms with Gasteiger partial charge in [-0.25, -0.2) is 9.07 Å². The second-order valence-electron chi connectivity index (χ2n) is 4.82. The van der Waals surface area contributed by atoms with Gasteiger partial charge in [-0.05, 0) is 35.0 Å². The van der Waals surface area contributed by atoms with Crippen LogP contribution in [-0.4, -0.2) is 20.2 Å². The molecule has 0 bridgehead atoms. The van der Waals surface area contributed by atoms with Gasteiger partial charge in [-0.2, -0.15) is 0 Å². The molecule has 0 aliphatic carbocycles. The molecule has 0 aliphatic rings. The highest BCUT2D eigenvalue weighted by Crippen LogP contribution is 2.22. The van der Waals surface area contributed by atoms with Crippen molar-refractivity contribution >= 4 is 5.69 Å². The second kappa shape index (κ2) is 5.32. The fourth-order valence-corrected chi connectivity index (χ4v) is 2.09. The first-order valence-corrected chi connectivity index (χ1v) is 6.51. The average molecular weight is 283 g/mol. The molecule has 0 atom stereocenters. The predicted molar refractivity (Wildman–Crippen MR) is 77.9 cm³/mol. The van der Waals surface area contributed by atoms with Gasteiger partial charge < -0.3 is 5.73 Å². The number of nitrogens with two attached hydrogens (primary N) is 1. The van der Waals surface area contributed by atoms with Gasteiger partial charge in [-0.1, -0.05) is 30.3 Å². The van der Waals surface area contributed by atoms with E-state index in [2.05, 4.69) is 15.5 Å². The molecule has 0 saturated heterocycles. The van der Waals surface area contributed by atoms with Crippen LogP contribution >= 0.6 is 0 Å². The van der Waals surface area contributed by atoms with Gasteiger partial charge in [0, 0.05) is 16.8 Å². The van der Waals surface area contributed by atoms with Crippen molar-refractivity contribution in [1.82, 2.24) is 20.2 Å². The van der Waals surface area contributed by atoms with Gasteiger partial charge in [-0.3, -0.25) is 0 Å². The summed E-state index contributed by atoms with van der Waals surface area (Å²) in [4.78, 5) is 0. The van der Waals surface area contributed by atoms with E-state index in [4.69, 9.17) is 5.73 Å². The maximum absolute atomic E-state index is 13.7. The number of aryl methyl sites for hydroxylation is 1. The number of benzene rings is 2. The highest BCUT2D eigenvalue weighted by atomic mass is 19.1. The van der Waals surface area contributed by atoms with Crippen LogP contribution in [0, 0.1) is 12.7 Å². The number of anilines is 1. The van der Waals surface area contributed by atoms with Crippen molar-refractivity contribution in [1.29, 1.82) is 0 Å².